The lowest BCUT2D eigenvalue weighted by molar-refractivity contribution is -0.138. The van der Waals surface area contributed by atoms with Gasteiger partial charge in [-0.25, -0.2) is 0 Å². The van der Waals surface area contributed by atoms with Gasteiger partial charge in [-0.1, -0.05) is 35.0 Å². The van der Waals surface area contributed by atoms with Crippen LogP contribution in [0.4, 0.5) is 0 Å². The van der Waals surface area contributed by atoms with E-state index in [0.717, 1.165) is 17.3 Å². The van der Waals surface area contributed by atoms with Gasteiger partial charge in [-0.05, 0) is 42.4 Å². The summed E-state index contributed by atoms with van der Waals surface area (Å²) < 4.78 is 1.09. The number of carboxylic acid groups (broad SMARTS) is 1. The smallest absolute Gasteiger partial charge is 0.306 e. The number of benzene rings is 1. The summed E-state index contributed by atoms with van der Waals surface area (Å²) in [6, 6.07) is 8.25. The summed E-state index contributed by atoms with van der Waals surface area (Å²) >= 11 is 3.45. The first-order chi connectivity index (χ1) is 7.58. The molecule has 1 aliphatic rings. The lowest BCUT2D eigenvalue weighted by Gasteiger charge is -2.11. The summed E-state index contributed by atoms with van der Waals surface area (Å²) in [6.45, 7) is 2.17. The van der Waals surface area contributed by atoms with Crippen LogP contribution in [0.3, 0.4) is 0 Å². The molecule has 0 spiro atoms. The van der Waals surface area contributed by atoms with Gasteiger partial charge in [0.25, 0.3) is 0 Å². The van der Waals surface area contributed by atoms with Crippen molar-refractivity contribution in [2.24, 2.45) is 11.8 Å². The van der Waals surface area contributed by atoms with Crippen LogP contribution in [0.25, 0.3) is 0 Å². The molecule has 0 aromatic heterocycles. The largest absolute Gasteiger partial charge is 0.481 e. The maximum atomic E-state index is 10.7. The predicted octanol–water partition coefficient (Wildman–Crippen LogP) is 3.66. The Balaban J connectivity index is 1.94. The van der Waals surface area contributed by atoms with Gasteiger partial charge < -0.3 is 5.11 Å². The monoisotopic (exact) mass is 282 g/mol. The molecule has 1 aromatic rings. The minimum absolute atomic E-state index is 0.0883. The van der Waals surface area contributed by atoms with Gasteiger partial charge in [0.1, 0.15) is 0 Å². The molecule has 0 radical (unpaired) electrons. The topological polar surface area (TPSA) is 37.3 Å². The lowest BCUT2D eigenvalue weighted by atomic mass is 9.95. The number of hydrogen-bond donors (Lipinski definition) is 1. The van der Waals surface area contributed by atoms with Gasteiger partial charge in [-0.2, -0.15) is 0 Å². The van der Waals surface area contributed by atoms with E-state index in [0.29, 0.717) is 11.8 Å². The molecule has 16 heavy (non-hydrogen) atoms. The maximum absolute atomic E-state index is 10.7. The average molecular weight is 283 g/mol. The summed E-state index contributed by atoms with van der Waals surface area (Å²) in [6.07, 6.45) is 1.83. The van der Waals surface area contributed by atoms with E-state index in [1.54, 1.807) is 0 Å². The Labute approximate surface area is 104 Å². The van der Waals surface area contributed by atoms with Gasteiger partial charge in [0.05, 0.1) is 5.92 Å². The summed E-state index contributed by atoms with van der Waals surface area (Å²) in [4.78, 5) is 10.7. The molecule has 1 aliphatic carbocycles. The molecule has 1 saturated carbocycles. The number of rotatable bonds is 4. The summed E-state index contributed by atoms with van der Waals surface area (Å²) in [5.41, 5.74) is 1.28. The molecule has 1 aromatic carbocycles. The third-order valence-electron chi connectivity index (χ3n) is 3.31. The Morgan fingerprint density at radius 1 is 1.62 bits per heavy atom. The van der Waals surface area contributed by atoms with Crippen LogP contribution in [0.1, 0.15) is 31.2 Å². The van der Waals surface area contributed by atoms with Crippen molar-refractivity contribution in [2.45, 2.75) is 25.7 Å². The van der Waals surface area contributed by atoms with Gasteiger partial charge in [0, 0.05) is 4.47 Å². The highest BCUT2D eigenvalue weighted by atomic mass is 79.9. The Bertz CT molecular complexity index is 403. The molecular formula is C13H15BrO2. The van der Waals surface area contributed by atoms with E-state index in [9.17, 15) is 4.79 Å². The SMILES string of the molecule is CC(CC1CC1C(=O)O)c1cccc(Br)c1. The van der Waals surface area contributed by atoms with E-state index >= 15 is 0 Å². The standard InChI is InChI=1S/C13H15BrO2/c1-8(5-10-7-12(10)13(15)16)9-3-2-4-11(14)6-9/h2-4,6,8,10,12H,5,7H2,1H3,(H,15,16). The quantitative estimate of drug-likeness (QED) is 0.915. The van der Waals surface area contributed by atoms with Crippen LogP contribution < -0.4 is 0 Å². The zero-order chi connectivity index (χ0) is 11.7. The van der Waals surface area contributed by atoms with Crippen LogP contribution >= 0.6 is 15.9 Å². The summed E-state index contributed by atoms with van der Waals surface area (Å²) in [5.74, 6) is 0.0966. The van der Waals surface area contributed by atoms with Crippen LogP contribution in [-0.2, 0) is 4.79 Å². The molecule has 0 amide bonds. The molecule has 3 unspecified atom stereocenters. The van der Waals surface area contributed by atoms with Crippen molar-refractivity contribution in [3.05, 3.63) is 34.3 Å². The first kappa shape index (κ1) is 11.6. The Morgan fingerprint density at radius 2 is 2.38 bits per heavy atom. The Kier molecular flexibility index (Phi) is 3.33. The van der Waals surface area contributed by atoms with Crippen molar-refractivity contribution >= 4 is 21.9 Å². The fourth-order valence-corrected chi connectivity index (χ4v) is 2.63. The van der Waals surface area contributed by atoms with Crippen molar-refractivity contribution in [1.82, 2.24) is 0 Å². The van der Waals surface area contributed by atoms with E-state index in [-0.39, 0.29) is 5.92 Å². The zero-order valence-corrected chi connectivity index (χ0v) is 10.8. The molecule has 0 saturated heterocycles. The summed E-state index contributed by atoms with van der Waals surface area (Å²) in [5, 5.41) is 8.84. The van der Waals surface area contributed by atoms with Crippen LogP contribution in [0, 0.1) is 11.8 Å². The van der Waals surface area contributed by atoms with Crippen molar-refractivity contribution in [1.29, 1.82) is 0 Å². The van der Waals surface area contributed by atoms with Crippen LogP contribution in [0.2, 0.25) is 0 Å². The van der Waals surface area contributed by atoms with Crippen LogP contribution in [-0.4, -0.2) is 11.1 Å². The van der Waals surface area contributed by atoms with Crippen LogP contribution in [0.15, 0.2) is 28.7 Å². The van der Waals surface area contributed by atoms with Crippen molar-refractivity contribution in [2.75, 3.05) is 0 Å². The fourth-order valence-electron chi connectivity index (χ4n) is 2.21. The zero-order valence-electron chi connectivity index (χ0n) is 9.19. The van der Waals surface area contributed by atoms with Crippen LogP contribution in [0.5, 0.6) is 0 Å². The van der Waals surface area contributed by atoms with E-state index in [2.05, 4.69) is 35.0 Å². The van der Waals surface area contributed by atoms with E-state index in [1.165, 1.54) is 5.56 Å². The molecule has 3 heteroatoms. The lowest BCUT2D eigenvalue weighted by Crippen LogP contribution is -2.02. The highest BCUT2D eigenvalue weighted by Crippen LogP contribution is 2.45. The minimum Gasteiger partial charge on any atom is -0.481 e. The van der Waals surface area contributed by atoms with Crippen molar-refractivity contribution in [3.8, 4) is 0 Å². The second-order valence-corrected chi connectivity index (χ2v) is 5.55. The molecule has 0 bridgehead atoms. The van der Waals surface area contributed by atoms with Gasteiger partial charge in [0.2, 0.25) is 0 Å². The molecule has 3 atom stereocenters. The number of halogens is 1. The molecule has 86 valence electrons. The second kappa shape index (κ2) is 4.58. The van der Waals surface area contributed by atoms with E-state index in [4.69, 9.17) is 5.11 Å². The highest BCUT2D eigenvalue weighted by molar-refractivity contribution is 9.10. The number of hydrogen-bond acceptors (Lipinski definition) is 1. The number of carbonyl (C=O) groups is 1. The molecule has 1 fully saturated rings. The van der Waals surface area contributed by atoms with Gasteiger partial charge >= 0.3 is 5.97 Å². The number of carboxylic acids is 1. The fraction of sp³-hybridized carbons (Fsp3) is 0.462. The third-order valence-corrected chi connectivity index (χ3v) is 3.81. The second-order valence-electron chi connectivity index (χ2n) is 4.63. The normalized spacial score (nSPS) is 25.1. The predicted molar refractivity (Wildman–Crippen MR) is 66.4 cm³/mol. The van der Waals surface area contributed by atoms with Gasteiger partial charge in [0.15, 0.2) is 0 Å². The summed E-state index contributed by atoms with van der Waals surface area (Å²) in [7, 11) is 0. The molecular weight excluding hydrogens is 268 g/mol. The molecule has 1 N–H and O–H groups in total. The van der Waals surface area contributed by atoms with E-state index in [1.807, 2.05) is 12.1 Å². The maximum Gasteiger partial charge on any atom is 0.306 e. The Hall–Kier alpha value is -0.830. The van der Waals surface area contributed by atoms with E-state index < -0.39 is 5.97 Å². The van der Waals surface area contributed by atoms with Crippen molar-refractivity contribution in [3.63, 3.8) is 0 Å². The Morgan fingerprint density at radius 3 is 2.94 bits per heavy atom. The average Bonchev–Trinajstić information content (AvgIpc) is 2.97. The first-order valence-corrected chi connectivity index (χ1v) is 6.35. The van der Waals surface area contributed by atoms with Gasteiger partial charge in [-0.15, -0.1) is 0 Å². The molecule has 0 aliphatic heterocycles. The van der Waals surface area contributed by atoms with Crippen molar-refractivity contribution < 1.29 is 9.90 Å². The molecule has 2 rings (SSSR count). The third kappa shape index (κ3) is 2.64. The minimum atomic E-state index is -0.633. The molecule has 0 heterocycles. The van der Waals surface area contributed by atoms with Gasteiger partial charge in [-0.3, -0.25) is 4.79 Å². The highest BCUT2D eigenvalue weighted by Gasteiger charge is 2.43. The molecule has 2 nitrogen and oxygen atoms in total. The first-order valence-electron chi connectivity index (χ1n) is 5.56. The number of aliphatic carboxylic acids is 1.